The Kier molecular flexibility index (Phi) is 3.97. The Balaban J connectivity index is 1.63. The lowest BCUT2D eigenvalue weighted by Gasteiger charge is -2.32. The van der Waals surface area contributed by atoms with Gasteiger partial charge in [0.25, 0.3) is 0 Å². The predicted octanol–water partition coefficient (Wildman–Crippen LogP) is 1.32. The molecule has 0 spiro atoms. The number of hydrogen-bond donors (Lipinski definition) is 1. The van der Waals surface area contributed by atoms with E-state index in [-0.39, 0.29) is 5.41 Å². The zero-order chi connectivity index (χ0) is 14.2. The molecule has 0 amide bonds. The Morgan fingerprint density at radius 2 is 1.95 bits per heavy atom. The number of rotatable bonds is 2. The van der Waals surface area contributed by atoms with Gasteiger partial charge in [-0.3, -0.25) is 4.90 Å². The second-order valence-corrected chi connectivity index (χ2v) is 7.56. The lowest BCUT2D eigenvalue weighted by atomic mass is 9.96. The van der Waals surface area contributed by atoms with Gasteiger partial charge in [-0.2, -0.15) is 4.37 Å². The first-order valence-corrected chi connectivity index (χ1v) is 8.35. The zero-order valence-electron chi connectivity index (χ0n) is 12.7. The maximum Gasteiger partial charge on any atom is 0.205 e. The first-order chi connectivity index (χ1) is 9.54. The van der Waals surface area contributed by atoms with Crippen molar-refractivity contribution in [1.29, 1.82) is 0 Å². The summed E-state index contributed by atoms with van der Waals surface area (Å²) in [5.41, 5.74) is 0.0480. The highest BCUT2D eigenvalue weighted by atomic mass is 32.1. The van der Waals surface area contributed by atoms with E-state index in [1.54, 1.807) is 11.5 Å². The van der Waals surface area contributed by atoms with E-state index in [0.29, 0.717) is 6.04 Å². The standard InChI is InChI=1S/C14H25N5S/c1-14(2,3)12-16-13(20-17-12)19-7-4-11(10-19)18-8-5-15-6-9-18/h11,15H,4-10H2,1-3H3. The minimum Gasteiger partial charge on any atom is -0.345 e. The molecule has 5 nitrogen and oxygen atoms in total. The van der Waals surface area contributed by atoms with Crippen molar-refractivity contribution in [3.05, 3.63) is 5.82 Å². The van der Waals surface area contributed by atoms with Crippen LogP contribution >= 0.6 is 11.5 Å². The van der Waals surface area contributed by atoms with Gasteiger partial charge in [0.05, 0.1) is 0 Å². The molecule has 1 unspecified atom stereocenters. The van der Waals surface area contributed by atoms with Gasteiger partial charge in [0.1, 0.15) is 5.82 Å². The summed E-state index contributed by atoms with van der Waals surface area (Å²) in [4.78, 5) is 9.79. The molecular formula is C14H25N5S. The predicted molar refractivity (Wildman–Crippen MR) is 83.7 cm³/mol. The molecule has 0 aliphatic carbocycles. The highest BCUT2D eigenvalue weighted by Gasteiger charge is 2.31. The van der Waals surface area contributed by atoms with Crippen molar-refractivity contribution in [2.24, 2.45) is 0 Å². The van der Waals surface area contributed by atoms with Gasteiger partial charge < -0.3 is 10.2 Å². The molecule has 6 heteroatoms. The molecular weight excluding hydrogens is 270 g/mol. The van der Waals surface area contributed by atoms with E-state index in [4.69, 9.17) is 4.98 Å². The molecule has 2 aliphatic heterocycles. The van der Waals surface area contributed by atoms with Crippen LogP contribution in [0.2, 0.25) is 0 Å². The van der Waals surface area contributed by atoms with Crippen molar-refractivity contribution >= 4 is 16.7 Å². The third-order valence-electron chi connectivity index (χ3n) is 4.19. The van der Waals surface area contributed by atoms with Gasteiger partial charge >= 0.3 is 0 Å². The first-order valence-electron chi connectivity index (χ1n) is 7.58. The topological polar surface area (TPSA) is 44.3 Å². The molecule has 3 rings (SSSR count). The minimum atomic E-state index is 0.0480. The van der Waals surface area contributed by atoms with E-state index >= 15 is 0 Å². The van der Waals surface area contributed by atoms with Crippen LogP contribution in [0.1, 0.15) is 33.0 Å². The lowest BCUT2D eigenvalue weighted by Crippen LogP contribution is -2.49. The molecule has 3 heterocycles. The first kappa shape index (κ1) is 14.2. The second kappa shape index (κ2) is 5.58. The SMILES string of the molecule is CC(C)(C)c1nsc(N2CCC(N3CCNCC3)C2)n1. The summed E-state index contributed by atoms with van der Waals surface area (Å²) in [7, 11) is 0. The molecule has 2 saturated heterocycles. The molecule has 20 heavy (non-hydrogen) atoms. The van der Waals surface area contributed by atoms with Gasteiger partial charge in [0.2, 0.25) is 5.13 Å². The molecule has 0 saturated carbocycles. The average molecular weight is 295 g/mol. The van der Waals surface area contributed by atoms with Gasteiger partial charge in [0, 0.05) is 62.3 Å². The van der Waals surface area contributed by atoms with Crippen molar-refractivity contribution in [2.75, 3.05) is 44.2 Å². The largest absolute Gasteiger partial charge is 0.345 e. The monoisotopic (exact) mass is 295 g/mol. The summed E-state index contributed by atoms with van der Waals surface area (Å²) >= 11 is 1.56. The maximum atomic E-state index is 4.75. The summed E-state index contributed by atoms with van der Waals surface area (Å²) in [6.45, 7) is 13.4. The van der Waals surface area contributed by atoms with Gasteiger partial charge in [-0.15, -0.1) is 0 Å². The summed E-state index contributed by atoms with van der Waals surface area (Å²) in [5.74, 6) is 0.975. The van der Waals surface area contributed by atoms with E-state index < -0.39 is 0 Å². The Labute approximate surface area is 125 Å². The normalized spacial score (nSPS) is 25.4. The molecule has 1 aromatic rings. The quantitative estimate of drug-likeness (QED) is 0.891. The van der Waals surface area contributed by atoms with E-state index in [9.17, 15) is 0 Å². The third kappa shape index (κ3) is 2.97. The van der Waals surface area contributed by atoms with Crippen LogP contribution < -0.4 is 10.2 Å². The number of aromatic nitrogens is 2. The number of anilines is 1. The van der Waals surface area contributed by atoms with Crippen LogP contribution in [-0.2, 0) is 5.41 Å². The second-order valence-electron chi connectivity index (χ2n) is 6.83. The highest BCUT2D eigenvalue weighted by Crippen LogP contribution is 2.28. The fourth-order valence-electron chi connectivity index (χ4n) is 2.91. The van der Waals surface area contributed by atoms with E-state index in [1.165, 1.54) is 19.5 Å². The Morgan fingerprint density at radius 1 is 1.20 bits per heavy atom. The molecule has 0 aromatic carbocycles. The Hall–Kier alpha value is -0.720. The van der Waals surface area contributed by atoms with Gasteiger partial charge in [-0.05, 0) is 6.42 Å². The summed E-state index contributed by atoms with van der Waals surface area (Å²) in [6.07, 6.45) is 1.25. The summed E-state index contributed by atoms with van der Waals surface area (Å²) in [6, 6.07) is 0.694. The van der Waals surface area contributed by atoms with Crippen LogP contribution in [-0.4, -0.2) is 59.6 Å². The molecule has 1 N–H and O–H groups in total. The number of hydrogen-bond acceptors (Lipinski definition) is 6. The molecule has 1 atom stereocenters. The van der Waals surface area contributed by atoms with Crippen molar-refractivity contribution in [2.45, 2.75) is 38.6 Å². The molecule has 2 aliphatic rings. The number of nitrogens with one attached hydrogen (secondary N) is 1. The van der Waals surface area contributed by atoms with Crippen LogP contribution in [0, 0.1) is 0 Å². The van der Waals surface area contributed by atoms with Crippen LogP contribution in [0.3, 0.4) is 0 Å². The van der Waals surface area contributed by atoms with Crippen LogP contribution in [0.25, 0.3) is 0 Å². The smallest absolute Gasteiger partial charge is 0.205 e. The van der Waals surface area contributed by atoms with Crippen LogP contribution in [0.15, 0.2) is 0 Å². The number of piperazine rings is 1. The van der Waals surface area contributed by atoms with Crippen molar-refractivity contribution in [3.8, 4) is 0 Å². The fraction of sp³-hybridized carbons (Fsp3) is 0.857. The maximum absolute atomic E-state index is 4.75. The highest BCUT2D eigenvalue weighted by molar-refractivity contribution is 7.09. The summed E-state index contributed by atoms with van der Waals surface area (Å²) < 4.78 is 4.53. The fourth-order valence-corrected chi connectivity index (χ4v) is 3.80. The summed E-state index contributed by atoms with van der Waals surface area (Å²) in [5, 5.41) is 4.53. The van der Waals surface area contributed by atoms with Crippen LogP contribution in [0.5, 0.6) is 0 Å². The van der Waals surface area contributed by atoms with E-state index in [1.807, 2.05) is 0 Å². The van der Waals surface area contributed by atoms with Crippen molar-refractivity contribution < 1.29 is 0 Å². The van der Waals surface area contributed by atoms with Crippen LogP contribution in [0.4, 0.5) is 5.13 Å². The van der Waals surface area contributed by atoms with Crippen molar-refractivity contribution in [3.63, 3.8) is 0 Å². The van der Waals surface area contributed by atoms with Gasteiger partial charge in [-0.25, -0.2) is 4.98 Å². The van der Waals surface area contributed by atoms with Gasteiger partial charge in [-0.1, -0.05) is 20.8 Å². The average Bonchev–Trinajstić information content (AvgIpc) is 3.08. The molecule has 1 aromatic heterocycles. The molecule has 0 radical (unpaired) electrons. The van der Waals surface area contributed by atoms with E-state index in [2.05, 4.69) is 40.3 Å². The lowest BCUT2D eigenvalue weighted by molar-refractivity contribution is 0.185. The van der Waals surface area contributed by atoms with Gasteiger partial charge in [0.15, 0.2) is 0 Å². The molecule has 0 bridgehead atoms. The van der Waals surface area contributed by atoms with Crippen molar-refractivity contribution in [1.82, 2.24) is 19.6 Å². The molecule has 112 valence electrons. The van der Waals surface area contributed by atoms with E-state index in [0.717, 1.165) is 37.1 Å². The minimum absolute atomic E-state index is 0.0480. The third-order valence-corrected chi connectivity index (χ3v) is 4.97. The molecule has 2 fully saturated rings. The number of nitrogens with zero attached hydrogens (tertiary/aromatic N) is 4. The zero-order valence-corrected chi connectivity index (χ0v) is 13.5. The Morgan fingerprint density at radius 3 is 2.60 bits per heavy atom. The Bertz CT molecular complexity index is 447.